The fraction of sp³-hybridized carbons (Fsp3) is 0.704. The lowest BCUT2D eigenvalue weighted by molar-refractivity contribution is -0.155. The Hall–Kier alpha value is -2.03. The van der Waals surface area contributed by atoms with E-state index < -0.39 is 11.7 Å². The molecule has 3 heterocycles. The smallest absolute Gasteiger partial charge is 0.407 e. The molecule has 0 radical (unpaired) electrons. The maximum absolute atomic E-state index is 12.2. The number of anilines is 1. The van der Waals surface area contributed by atoms with E-state index in [-0.39, 0.29) is 5.97 Å². The predicted octanol–water partition coefficient (Wildman–Crippen LogP) is 4.02. The van der Waals surface area contributed by atoms with Crippen LogP contribution in [-0.2, 0) is 16.1 Å². The summed E-state index contributed by atoms with van der Waals surface area (Å²) in [5.74, 6) is 1.19. The van der Waals surface area contributed by atoms with Crippen LogP contribution in [0.1, 0.15) is 45.6 Å². The maximum Gasteiger partial charge on any atom is 0.407 e. The molecular weight excluding hydrogens is 480 g/mol. The Labute approximate surface area is 220 Å². The summed E-state index contributed by atoms with van der Waals surface area (Å²) in [5.41, 5.74) is 2.03. The lowest BCUT2D eigenvalue weighted by atomic mass is 9.83. The minimum atomic E-state index is -0.833. The molecule has 1 N–H and O–H groups in total. The highest BCUT2D eigenvalue weighted by atomic mass is 35.5. The average molecular weight is 521 g/mol. The van der Waals surface area contributed by atoms with Crippen LogP contribution >= 0.6 is 11.6 Å². The van der Waals surface area contributed by atoms with Crippen LogP contribution in [0.4, 0.5) is 10.5 Å². The number of amides is 1. The number of carbonyl (C=O) groups is 2. The van der Waals surface area contributed by atoms with Gasteiger partial charge >= 0.3 is 12.1 Å². The van der Waals surface area contributed by atoms with E-state index in [4.69, 9.17) is 16.3 Å². The third-order valence-corrected chi connectivity index (χ3v) is 7.95. The van der Waals surface area contributed by atoms with Gasteiger partial charge in [0.15, 0.2) is 0 Å². The number of carbonyl (C=O) groups excluding carboxylic acids is 1. The number of nitrogens with zero attached hydrogens (tertiary/aromatic N) is 4. The van der Waals surface area contributed by atoms with Crippen LogP contribution in [0.15, 0.2) is 18.2 Å². The first kappa shape index (κ1) is 27.0. The van der Waals surface area contributed by atoms with Gasteiger partial charge < -0.3 is 19.6 Å². The number of halogens is 1. The number of piperazine rings is 1. The van der Waals surface area contributed by atoms with Crippen molar-refractivity contribution in [1.29, 1.82) is 0 Å². The highest BCUT2D eigenvalue weighted by molar-refractivity contribution is 6.30. The Morgan fingerprint density at radius 2 is 1.64 bits per heavy atom. The van der Waals surface area contributed by atoms with Gasteiger partial charge in [0.25, 0.3) is 0 Å². The molecule has 8 nitrogen and oxygen atoms in total. The van der Waals surface area contributed by atoms with Crippen LogP contribution in [0, 0.1) is 11.8 Å². The van der Waals surface area contributed by atoms with Gasteiger partial charge in [-0.1, -0.05) is 17.7 Å². The summed E-state index contributed by atoms with van der Waals surface area (Å²) >= 11 is 6.41. The Bertz CT molecular complexity index is 921. The quantitative estimate of drug-likeness (QED) is 0.568. The van der Waals surface area contributed by atoms with Crippen LogP contribution in [-0.4, -0.2) is 96.4 Å². The second-order valence-corrected chi connectivity index (χ2v) is 12.0. The molecule has 1 atom stereocenters. The van der Waals surface area contributed by atoms with Gasteiger partial charge in [-0.05, 0) is 76.1 Å². The standard InChI is InChI=1S/C27H41ClN4O4/c1-27(2,3)36-25(33)19-30-9-6-21(17-30)20-7-10-31(11-8-20)24-16-23(28)5-4-22(24)18-29-12-14-32(15-13-29)26(34)35/h4-5,16,20-21H,6-15,17-19H2,1-3H3,(H,34,35). The van der Waals surface area contributed by atoms with Gasteiger partial charge in [0.1, 0.15) is 5.60 Å². The van der Waals surface area contributed by atoms with Crippen molar-refractivity contribution in [3.63, 3.8) is 0 Å². The van der Waals surface area contributed by atoms with E-state index in [0.29, 0.717) is 31.5 Å². The van der Waals surface area contributed by atoms with E-state index in [1.165, 1.54) is 16.2 Å². The zero-order chi connectivity index (χ0) is 25.9. The molecule has 3 fully saturated rings. The topological polar surface area (TPSA) is 76.6 Å². The zero-order valence-electron chi connectivity index (χ0n) is 21.9. The van der Waals surface area contributed by atoms with Gasteiger partial charge in [-0.15, -0.1) is 0 Å². The number of piperidine rings is 1. The van der Waals surface area contributed by atoms with Crippen LogP contribution in [0.5, 0.6) is 0 Å². The maximum atomic E-state index is 12.2. The SMILES string of the molecule is CC(C)(C)OC(=O)CN1CCC(C2CCN(c3cc(Cl)ccc3CN3CCN(C(=O)O)CC3)CC2)C1. The Kier molecular flexibility index (Phi) is 8.68. The van der Waals surface area contributed by atoms with Gasteiger partial charge in [-0.2, -0.15) is 0 Å². The summed E-state index contributed by atoms with van der Waals surface area (Å²) in [6.07, 6.45) is 2.61. The molecule has 1 unspecified atom stereocenters. The molecule has 3 aliphatic rings. The number of rotatable bonds is 6. The van der Waals surface area contributed by atoms with Crippen molar-refractivity contribution in [3.8, 4) is 0 Å². The Morgan fingerprint density at radius 3 is 2.28 bits per heavy atom. The molecule has 4 rings (SSSR count). The molecule has 9 heteroatoms. The molecule has 36 heavy (non-hydrogen) atoms. The van der Waals surface area contributed by atoms with Crippen LogP contribution in [0.25, 0.3) is 0 Å². The third kappa shape index (κ3) is 7.26. The summed E-state index contributed by atoms with van der Waals surface area (Å²) in [4.78, 5) is 32.0. The highest BCUT2D eigenvalue weighted by Crippen LogP contribution is 2.35. The van der Waals surface area contributed by atoms with E-state index in [0.717, 1.165) is 70.1 Å². The first-order valence-electron chi connectivity index (χ1n) is 13.3. The number of likely N-dealkylation sites (tertiary alicyclic amines) is 1. The number of esters is 1. The van der Waals surface area contributed by atoms with E-state index in [9.17, 15) is 14.7 Å². The van der Waals surface area contributed by atoms with Crippen LogP contribution in [0.3, 0.4) is 0 Å². The summed E-state index contributed by atoms with van der Waals surface area (Å²) in [6.45, 7) is 13.5. The lowest BCUT2D eigenvalue weighted by Crippen LogP contribution is -2.48. The highest BCUT2D eigenvalue weighted by Gasteiger charge is 2.33. The fourth-order valence-electron chi connectivity index (χ4n) is 5.86. The molecule has 1 amide bonds. The lowest BCUT2D eigenvalue weighted by Gasteiger charge is -2.38. The monoisotopic (exact) mass is 520 g/mol. The van der Waals surface area contributed by atoms with E-state index in [1.807, 2.05) is 26.8 Å². The number of hydrogen-bond donors (Lipinski definition) is 1. The first-order valence-corrected chi connectivity index (χ1v) is 13.6. The van der Waals surface area contributed by atoms with Crippen molar-refractivity contribution in [2.75, 3.05) is 63.8 Å². The normalized spacial score (nSPS) is 22.7. The molecule has 3 aliphatic heterocycles. The molecule has 3 saturated heterocycles. The minimum absolute atomic E-state index is 0.129. The van der Waals surface area contributed by atoms with Crippen LogP contribution in [0.2, 0.25) is 5.02 Å². The largest absolute Gasteiger partial charge is 0.465 e. The van der Waals surface area contributed by atoms with E-state index in [1.54, 1.807) is 0 Å². The Morgan fingerprint density at radius 1 is 0.972 bits per heavy atom. The van der Waals surface area contributed by atoms with Gasteiger partial charge in [0, 0.05) is 63.1 Å². The average Bonchev–Trinajstić information content (AvgIpc) is 3.27. The molecule has 1 aromatic rings. The van der Waals surface area contributed by atoms with E-state index >= 15 is 0 Å². The summed E-state index contributed by atoms with van der Waals surface area (Å²) < 4.78 is 5.50. The predicted molar refractivity (Wildman–Crippen MR) is 142 cm³/mol. The number of hydrogen-bond acceptors (Lipinski definition) is 6. The number of carboxylic acid groups (broad SMARTS) is 1. The molecule has 1 aromatic carbocycles. The molecular formula is C27H41ClN4O4. The number of ether oxygens (including phenoxy) is 1. The van der Waals surface area contributed by atoms with Gasteiger partial charge in [0.05, 0.1) is 6.54 Å². The Balaban J connectivity index is 1.29. The molecule has 0 aliphatic carbocycles. The van der Waals surface area contributed by atoms with E-state index in [2.05, 4.69) is 26.8 Å². The van der Waals surface area contributed by atoms with Crippen molar-refractivity contribution in [3.05, 3.63) is 28.8 Å². The molecule has 0 bridgehead atoms. The van der Waals surface area contributed by atoms with Crippen molar-refractivity contribution < 1.29 is 19.4 Å². The van der Waals surface area contributed by atoms with Crippen molar-refractivity contribution in [2.45, 2.75) is 52.2 Å². The van der Waals surface area contributed by atoms with Gasteiger partial charge in [-0.3, -0.25) is 14.6 Å². The third-order valence-electron chi connectivity index (χ3n) is 7.71. The molecule has 0 spiro atoms. The molecule has 200 valence electrons. The summed E-state index contributed by atoms with van der Waals surface area (Å²) in [5, 5.41) is 9.97. The van der Waals surface area contributed by atoms with Crippen molar-refractivity contribution in [2.24, 2.45) is 11.8 Å². The van der Waals surface area contributed by atoms with Gasteiger partial charge in [0.2, 0.25) is 0 Å². The number of benzene rings is 1. The minimum Gasteiger partial charge on any atom is -0.465 e. The zero-order valence-corrected chi connectivity index (χ0v) is 22.7. The van der Waals surface area contributed by atoms with Gasteiger partial charge in [-0.25, -0.2) is 4.79 Å². The first-order chi connectivity index (χ1) is 17.1. The summed E-state index contributed by atoms with van der Waals surface area (Å²) in [7, 11) is 0. The van der Waals surface area contributed by atoms with Crippen molar-refractivity contribution in [1.82, 2.24) is 14.7 Å². The second-order valence-electron chi connectivity index (χ2n) is 11.5. The fourth-order valence-corrected chi connectivity index (χ4v) is 6.03. The molecule has 0 aromatic heterocycles. The molecule has 0 saturated carbocycles. The summed E-state index contributed by atoms with van der Waals surface area (Å²) in [6, 6.07) is 6.17. The second kappa shape index (κ2) is 11.6. The van der Waals surface area contributed by atoms with Crippen LogP contribution < -0.4 is 4.90 Å². The van der Waals surface area contributed by atoms with Crippen molar-refractivity contribution >= 4 is 29.4 Å².